The maximum atomic E-state index is 5.45. The largest absolute Gasteiger partial charge is 0.328 e. The summed E-state index contributed by atoms with van der Waals surface area (Å²) in [4.78, 5) is 9.12. The molecule has 0 spiro atoms. The van der Waals surface area contributed by atoms with E-state index in [1.54, 1.807) is 12.4 Å². The van der Waals surface area contributed by atoms with Gasteiger partial charge in [-0.1, -0.05) is 0 Å². The maximum absolute atomic E-state index is 5.45. The molecule has 1 aromatic heterocycles. The summed E-state index contributed by atoms with van der Waals surface area (Å²) < 4.78 is 0. The van der Waals surface area contributed by atoms with Gasteiger partial charge in [0.25, 0.3) is 0 Å². The Morgan fingerprint density at radius 2 is 2.23 bits per heavy atom. The summed E-state index contributed by atoms with van der Waals surface area (Å²) in [7, 11) is 0. The first-order valence-corrected chi connectivity index (χ1v) is 4.14. The van der Waals surface area contributed by atoms with Crippen molar-refractivity contribution in [2.24, 2.45) is 5.73 Å². The summed E-state index contributed by atoms with van der Waals surface area (Å²) in [5, 5.41) is 0. The Hall–Kier alpha value is -1.39. The number of pyridine rings is 1. The van der Waals surface area contributed by atoms with Gasteiger partial charge in [-0.3, -0.25) is 15.3 Å². The van der Waals surface area contributed by atoms with E-state index in [-0.39, 0.29) is 6.10 Å². The van der Waals surface area contributed by atoms with Crippen LogP contribution in [0.3, 0.4) is 0 Å². The molecule has 1 atom stereocenters. The van der Waals surface area contributed by atoms with Crippen molar-refractivity contribution in [1.29, 1.82) is 0 Å². The molecule has 1 aliphatic rings. The topological polar surface area (TPSA) is 60.2 Å². The zero-order chi connectivity index (χ0) is 9.10. The molecule has 4 nitrogen and oxygen atoms in total. The molecule has 0 bridgehead atoms. The molecule has 1 aromatic rings. The molecule has 1 aliphatic heterocycles. The van der Waals surface area contributed by atoms with Gasteiger partial charge >= 0.3 is 0 Å². The number of hydrogen-bond acceptors (Lipinski definition) is 4. The van der Waals surface area contributed by atoms with Crippen molar-refractivity contribution < 1.29 is 4.84 Å². The van der Waals surface area contributed by atoms with E-state index in [1.165, 1.54) is 0 Å². The SMILES string of the molecule is NCC1C=C(c2ccncc2)NO1. The van der Waals surface area contributed by atoms with Gasteiger partial charge in [0.05, 0.1) is 5.70 Å². The van der Waals surface area contributed by atoms with Crippen molar-refractivity contribution in [3.63, 3.8) is 0 Å². The molecule has 0 saturated heterocycles. The molecular weight excluding hydrogens is 166 g/mol. The highest BCUT2D eigenvalue weighted by Crippen LogP contribution is 2.16. The van der Waals surface area contributed by atoms with Crippen molar-refractivity contribution in [2.45, 2.75) is 6.10 Å². The Morgan fingerprint density at radius 3 is 2.85 bits per heavy atom. The summed E-state index contributed by atoms with van der Waals surface area (Å²) in [6.45, 7) is 0.488. The average molecular weight is 177 g/mol. The molecule has 2 heterocycles. The predicted molar refractivity (Wildman–Crippen MR) is 49.3 cm³/mol. The molecule has 4 heteroatoms. The first-order chi connectivity index (χ1) is 6.40. The third-order valence-electron chi connectivity index (χ3n) is 1.90. The smallest absolute Gasteiger partial charge is 0.118 e. The Morgan fingerprint density at radius 1 is 1.46 bits per heavy atom. The third kappa shape index (κ3) is 1.68. The molecule has 3 N–H and O–H groups in total. The van der Waals surface area contributed by atoms with E-state index in [2.05, 4.69) is 10.5 Å². The summed E-state index contributed by atoms with van der Waals surface area (Å²) in [5.74, 6) is 0. The fourth-order valence-corrected chi connectivity index (χ4v) is 1.20. The van der Waals surface area contributed by atoms with Crippen molar-refractivity contribution in [1.82, 2.24) is 10.5 Å². The molecule has 68 valence electrons. The number of nitrogens with two attached hydrogens (primary N) is 1. The van der Waals surface area contributed by atoms with Crippen LogP contribution in [0, 0.1) is 0 Å². The Labute approximate surface area is 76.4 Å². The van der Waals surface area contributed by atoms with Crippen molar-refractivity contribution in [3.05, 3.63) is 36.2 Å². The minimum atomic E-state index is -0.0248. The van der Waals surface area contributed by atoms with Crippen LogP contribution in [0.5, 0.6) is 0 Å². The zero-order valence-electron chi connectivity index (χ0n) is 7.10. The molecule has 1 unspecified atom stereocenters. The molecule has 0 amide bonds. The molecule has 13 heavy (non-hydrogen) atoms. The summed E-state index contributed by atoms with van der Waals surface area (Å²) >= 11 is 0. The molecular formula is C9H11N3O. The number of nitrogens with one attached hydrogen (secondary N) is 1. The van der Waals surface area contributed by atoms with Crippen LogP contribution >= 0.6 is 0 Å². The molecule has 0 aromatic carbocycles. The average Bonchev–Trinajstić information content (AvgIpc) is 2.67. The summed E-state index contributed by atoms with van der Waals surface area (Å²) in [5.41, 5.74) is 10.3. The Balaban J connectivity index is 2.19. The van der Waals surface area contributed by atoms with Gasteiger partial charge in [0.15, 0.2) is 0 Å². The molecule has 0 fully saturated rings. The van der Waals surface area contributed by atoms with E-state index in [1.807, 2.05) is 18.2 Å². The number of rotatable bonds is 2. The first-order valence-electron chi connectivity index (χ1n) is 4.14. The molecule has 0 aliphatic carbocycles. The minimum absolute atomic E-state index is 0.0248. The lowest BCUT2D eigenvalue weighted by Crippen LogP contribution is -2.21. The third-order valence-corrected chi connectivity index (χ3v) is 1.90. The lowest BCUT2D eigenvalue weighted by atomic mass is 10.2. The predicted octanol–water partition coefficient (Wildman–Crippen LogP) is 0.285. The fourth-order valence-electron chi connectivity index (χ4n) is 1.20. The van der Waals surface area contributed by atoms with Crippen LogP contribution in [0.2, 0.25) is 0 Å². The van der Waals surface area contributed by atoms with Crippen LogP contribution in [0.1, 0.15) is 5.56 Å². The number of aromatic nitrogens is 1. The maximum Gasteiger partial charge on any atom is 0.118 e. The standard InChI is InChI=1S/C9H11N3O/c10-6-8-5-9(12-13-8)7-1-3-11-4-2-7/h1-5,8,12H,6,10H2. The lowest BCUT2D eigenvalue weighted by molar-refractivity contribution is 0.0567. The van der Waals surface area contributed by atoms with Crippen molar-refractivity contribution >= 4 is 5.70 Å². The van der Waals surface area contributed by atoms with Crippen LogP contribution in [0.4, 0.5) is 0 Å². The van der Waals surface area contributed by atoms with Gasteiger partial charge in [-0.15, -0.1) is 0 Å². The second-order valence-corrected chi connectivity index (χ2v) is 2.81. The van der Waals surface area contributed by atoms with Gasteiger partial charge in [-0.25, -0.2) is 0 Å². The highest BCUT2D eigenvalue weighted by atomic mass is 16.7. The highest BCUT2D eigenvalue weighted by Gasteiger charge is 2.15. The van der Waals surface area contributed by atoms with Gasteiger partial charge in [-0.05, 0) is 18.2 Å². The number of hydroxylamine groups is 1. The van der Waals surface area contributed by atoms with Crippen molar-refractivity contribution in [3.8, 4) is 0 Å². The monoisotopic (exact) mass is 177 g/mol. The normalized spacial score (nSPS) is 21.0. The van der Waals surface area contributed by atoms with E-state index in [0.717, 1.165) is 11.3 Å². The fraction of sp³-hybridized carbons (Fsp3) is 0.222. The van der Waals surface area contributed by atoms with Gasteiger partial charge in [0, 0.05) is 24.5 Å². The second kappa shape index (κ2) is 3.55. The lowest BCUT2D eigenvalue weighted by Gasteiger charge is -2.03. The van der Waals surface area contributed by atoms with Crippen LogP contribution in [-0.4, -0.2) is 17.6 Å². The van der Waals surface area contributed by atoms with Gasteiger partial charge in [0.2, 0.25) is 0 Å². The zero-order valence-corrected chi connectivity index (χ0v) is 7.10. The van der Waals surface area contributed by atoms with Crippen LogP contribution < -0.4 is 11.2 Å². The van der Waals surface area contributed by atoms with Crippen molar-refractivity contribution in [2.75, 3.05) is 6.54 Å². The molecule has 2 rings (SSSR count). The van der Waals surface area contributed by atoms with Gasteiger partial charge < -0.3 is 5.73 Å². The van der Waals surface area contributed by atoms with E-state index in [4.69, 9.17) is 10.6 Å². The van der Waals surface area contributed by atoms with Gasteiger partial charge in [0.1, 0.15) is 6.10 Å². The first kappa shape index (κ1) is 8.22. The number of nitrogens with zero attached hydrogens (tertiary/aromatic N) is 1. The summed E-state index contributed by atoms with van der Waals surface area (Å²) in [6.07, 6.45) is 5.43. The molecule has 0 saturated carbocycles. The van der Waals surface area contributed by atoms with Crippen LogP contribution in [0.15, 0.2) is 30.6 Å². The highest BCUT2D eigenvalue weighted by molar-refractivity contribution is 5.64. The molecule has 0 radical (unpaired) electrons. The van der Waals surface area contributed by atoms with Crippen LogP contribution in [-0.2, 0) is 4.84 Å². The minimum Gasteiger partial charge on any atom is -0.328 e. The van der Waals surface area contributed by atoms with E-state index in [0.29, 0.717) is 6.54 Å². The number of hydrogen-bond donors (Lipinski definition) is 2. The summed E-state index contributed by atoms with van der Waals surface area (Å²) in [6, 6.07) is 3.84. The Kier molecular flexibility index (Phi) is 2.25. The van der Waals surface area contributed by atoms with E-state index < -0.39 is 0 Å². The van der Waals surface area contributed by atoms with E-state index in [9.17, 15) is 0 Å². The second-order valence-electron chi connectivity index (χ2n) is 2.81. The Bertz CT molecular complexity index is 310. The van der Waals surface area contributed by atoms with E-state index >= 15 is 0 Å². The van der Waals surface area contributed by atoms with Gasteiger partial charge in [-0.2, -0.15) is 0 Å². The quantitative estimate of drug-likeness (QED) is 0.681. The van der Waals surface area contributed by atoms with Crippen LogP contribution in [0.25, 0.3) is 5.70 Å².